The molecule has 0 saturated heterocycles. The van der Waals surface area contributed by atoms with Crippen LogP contribution in [0.1, 0.15) is 142 Å². The molecule has 0 bridgehead atoms. The summed E-state index contributed by atoms with van der Waals surface area (Å²) in [5, 5.41) is 15.2. The summed E-state index contributed by atoms with van der Waals surface area (Å²) in [5.41, 5.74) is 0.0947. The second-order valence-electron chi connectivity index (χ2n) is 8.75. The van der Waals surface area contributed by atoms with E-state index in [9.17, 15) is 0 Å². The third-order valence-corrected chi connectivity index (χ3v) is 6.05. The third-order valence-electron chi connectivity index (χ3n) is 6.05. The molecule has 27 heavy (non-hydrogen) atoms. The van der Waals surface area contributed by atoms with Crippen molar-refractivity contribution in [3.05, 3.63) is 5.82 Å². The Morgan fingerprint density at radius 1 is 0.630 bits per heavy atom. The molecule has 0 aliphatic carbocycles. The minimum absolute atomic E-state index is 0.0947. The third kappa shape index (κ3) is 11.5. The Kier molecular flexibility index (Phi) is 14.3. The van der Waals surface area contributed by atoms with E-state index in [-0.39, 0.29) is 5.41 Å². The zero-order valence-electron chi connectivity index (χ0n) is 18.6. The van der Waals surface area contributed by atoms with E-state index < -0.39 is 0 Å². The summed E-state index contributed by atoms with van der Waals surface area (Å²) in [6.45, 7) is 6.91. The van der Waals surface area contributed by atoms with Gasteiger partial charge in [0.05, 0.1) is 0 Å². The molecule has 0 saturated carbocycles. The van der Waals surface area contributed by atoms with Crippen molar-refractivity contribution in [2.75, 3.05) is 0 Å². The van der Waals surface area contributed by atoms with Gasteiger partial charge >= 0.3 is 0 Å². The van der Waals surface area contributed by atoms with Gasteiger partial charge in [-0.2, -0.15) is 5.21 Å². The second kappa shape index (κ2) is 16.1. The van der Waals surface area contributed by atoms with Gasteiger partial charge in [0.25, 0.3) is 0 Å². The van der Waals surface area contributed by atoms with Crippen LogP contribution in [0.2, 0.25) is 0 Å². The molecule has 0 fully saturated rings. The zero-order chi connectivity index (χ0) is 19.6. The molecule has 1 rings (SSSR count). The predicted molar refractivity (Wildman–Crippen MR) is 116 cm³/mol. The van der Waals surface area contributed by atoms with Crippen LogP contribution >= 0.6 is 0 Å². The number of nitrogens with one attached hydrogen (secondary N) is 1. The van der Waals surface area contributed by atoms with Crippen molar-refractivity contribution in [2.45, 2.75) is 142 Å². The highest BCUT2D eigenvalue weighted by atomic mass is 15.5. The maximum Gasteiger partial charge on any atom is 0.180 e. The van der Waals surface area contributed by atoms with Gasteiger partial charge in [0.2, 0.25) is 0 Å². The highest BCUT2D eigenvalue weighted by molar-refractivity contribution is 5.02. The van der Waals surface area contributed by atoms with Gasteiger partial charge in [0.1, 0.15) is 0 Å². The van der Waals surface area contributed by atoms with E-state index in [1.807, 2.05) is 0 Å². The normalized spacial score (nSPS) is 12.0. The molecule has 1 aromatic heterocycles. The average molecular weight is 379 g/mol. The standard InChI is InChI=1S/C23H46N4/c1-4-6-8-10-12-14-16-18-20-23(3,22-24-26-27-25-22)21-19-17-15-13-11-9-7-5-2/h4-21H2,1-3H3,(H,24,25,26,27). The molecule has 0 atom stereocenters. The van der Waals surface area contributed by atoms with E-state index in [4.69, 9.17) is 0 Å². The highest BCUT2D eigenvalue weighted by Gasteiger charge is 2.30. The first kappa shape index (κ1) is 24.1. The molecule has 0 spiro atoms. The molecule has 158 valence electrons. The van der Waals surface area contributed by atoms with Crippen LogP contribution in [0, 0.1) is 0 Å². The van der Waals surface area contributed by atoms with E-state index in [0.717, 1.165) is 5.82 Å². The maximum absolute atomic E-state index is 4.34. The van der Waals surface area contributed by atoms with Crippen molar-refractivity contribution in [1.82, 2.24) is 20.6 Å². The van der Waals surface area contributed by atoms with Crippen LogP contribution in [0.3, 0.4) is 0 Å². The lowest BCUT2D eigenvalue weighted by Crippen LogP contribution is -2.24. The first-order valence-corrected chi connectivity index (χ1v) is 12.0. The Balaban J connectivity index is 2.21. The van der Waals surface area contributed by atoms with Gasteiger partial charge in [-0.05, 0) is 12.8 Å². The van der Waals surface area contributed by atoms with Gasteiger partial charge in [0, 0.05) is 5.41 Å². The van der Waals surface area contributed by atoms with Crippen molar-refractivity contribution in [3.8, 4) is 0 Å². The Hall–Kier alpha value is -0.930. The molecular formula is C23H46N4. The lowest BCUT2D eigenvalue weighted by Gasteiger charge is -2.26. The summed E-state index contributed by atoms with van der Waals surface area (Å²) in [4.78, 5) is 0. The van der Waals surface area contributed by atoms with Crippen LogP contribution in [-0.4, -0.2) is 20.6 Å². The predicted octanol–water partition coefficient (Wildman–Crippen LogP) is 7.52. The van der Waals surface area contributed by atoms with Gasteiger partial charge in [-0.3, -0.25) is 0 Å². The van der Waals surface area contributed by atoms with Crippen molar-refractivity contribution in [3.63, 3.8) is 0 Å². The first-order valence-electron chi connectivity index (χ1n) is 12.0. The van der Waals surface area contributed by atoms with E-state index >= 15 is 0 Å². The fraction of sp³-hybridized carbons (Fsp3) is 0.957. The van der Waals surface area contributed by atoms with Crippen LogP contribution in [0.5, 0.6) is 0 Å². The minimum Gasteiger partial charge on any atom is -0.177 e. The maximum atomic E-state index is 4.34. The number of aromatic amines is 1. The molecular weight excluding hydrogens is 332 g/mol. The number of hydrogen-bond acceptors (Lipinski definition) is 3. The molecule has 1 aromatic rings. The smallest absolute Gasteiger partial charge is 0.177 e. The van der Waals surface area contributed by atoms with E-state index in [2.05, 4.69) is 41.4 Å². The topological polar surface area (TPSA) is 54.5 Å². The summed E-state index contributed by atoms with van der Waals surface area (Å²) >= 11 is 0. The average Bonchev–Trinajstić information content (AvgIpc) is 3.22. The quantitative estimate of drug-likeness (QED) is 0.253. The largest absolute Gasteiger partial charge is 0.180 e. The van der Waals surface area contributed by atoms with Crippen LogP contribution < -0.4 is 0 Å². The number of aromatic nitrogens is 4. The van der Waals surface area contributed by atoms with Gasteiger partial charge < -0.3 is 0 Å². The molecule has 0 radical (unpaired) electrons. The van der Waals surface area contributed by atoms with Gasteiger partial charge in [0.15, 0.2) is 5.82 Å². The van der Waals surface area contributed by atoms with Crippen molar-refractivity contribution < 1.29 is 0 Å². The second-order valence-corrected chi connectivity index (χ2v) is 8.75. The fourth-order valence-corrected chi connectivity index (χ4v) is 4.06. The summed E-state index contributed by atoms with van der Waals surface area (Å²) in [6.07, 6.45) is 24.3. The first-order chi connectivity index (χ1) is 13.2. The van der Waals surface area contributed by atoms with Gasteiger partial charge in [-0.15, -0.1) is 10.2 Å². The zero-order valence-corrected chi connectivity index (χ0v) is 18.6. The monoisotopic (exact) mass is 378 g/mol. The van der Waals surface area contributed by atoms with Crippen LogP contribution in [0.4, 0.5) is 0 Å². The molecule has 0 aromatic carbocycles. The molecule has 0 amide bonds. The molecule has 1 heterocycles. The SMILES string of the molecule is CCCCCCCCCCC(C)(CCCCCCCCCC)c1nn[nH]n1. The summed E-state index contributed by atoms with van der Waals surface area (Å²) < 4.78 is 0. The van der Waals surface area contributed by atoms with Gasteiger partial charge in [-0.25, -0.2) is 0 Å². The van der Waals surface area contributed by atoms with Gasteiger partial charge in [-0.1, -0.05) is 129 Å². The number of H-pyrrole nitrogens is 1. The van der Waals surface area contributed by atoms with Crippen LogP contribution in [-0.2, 0) is 5.41 Å². The number of rotatable bonds is 19. The molecule has 0 aliphatic heterocycles. The summed E-state index contributed by atoms with van der Waals surface area (Å²) in [7, 11) is 0. The van der Waals surface area contributed by atoms with E-state index in [1.54, 1.807) is 0 Å². The Labute approximate surface area is 168 Å². The van der Waals surface area contributed by atoms with Crippen LogP contribution in [0.25, 0.3) is 0 Å². The van der Waals surface area contributed by atoms with Crippen molar-refractivity contribution >= 4 is 0 Å². The summed E-state index contributed by atoms with van der Waals surface area (Å²) in [6, 6.07) is 0. The summed E-state index contributed by atoms with van der Waals surface area (Å²) in [5.74, 6) is 0.924. The lowest BCUT2D eigenvalue weighted by atomic mass is 9.79. The Bertz CT molecular complexity index is 396. The van der Waals surface area contributed by atoms with Crippen molar-refractivity contribution in [2.24, 2.45) is 0 Å². The Morgan fingerprint density at radius 2 is 1.04 bits per heavy atom. The van der Waals surface area contributed by atoms with E-state index in [1.165, 1.54) is 116 Å². The molecule has 4 nitrogen and oxygen atoms in total. The lowest BCUT2D eigenvalue weighted by molar-refractivity contribution is 0.344. The van der Waals surface area contributed by atoms with Crippen LogP contribution in [0.15, 0.2) is 0 Å². The number of tetrazole rings is 1. The number of nitrogens with zero attached hydrogens (tertiary/aromatic N) is 3. The minimum atomic E-state index is 0.0947. The molecule has 1 N–H and O–H groups in total. The molecule has 4 heteroatoms. The van der Waals surface area contributed by atoms with Crippen molar-refractivity contribution in [1.29, 1.82) is 0 Å². The molecule has 0 unspecified atom stereocenters. The fourth-order valence-electron chi connectivity index (χ4n) is 4.06. The highest BCUT2D eigenvalue weighted by Crippen LogP contribution is 2.33. The number of unbranched alkanes of at least 4 members (excludes halogenated alkanes) is 14. The Morgan fingerprint density at radius 3 is 1.41 bits per heavy atom. The van der Waals surface area contributed by atoms with E-state index in [0.29, 0.717) is 0 Å². The number of hydrogen-bond donors (Lipinski definition) is 1. The molecule has 0 aliphatic rings.